The van der Waals surface area contributed by atoms with Gasteiger partial charge in [-0.3, -0.25) is 9.48 Å². The van der Waals surface area contributed by atoms with E-state index in [0.717, 1.165) is 31.6 Å². The average molecular weight is 410 g/mol. The summed E-state index contributed by atoms with van der Waals surface area (Å²) in [6.45, 7) is 1.86. The van der Waals surface area contributed by atoms with Gasteiger partial charge in [-0.25, -0.2) is 14.4 Å². The molecule has 3 heterocycles. The Labute approximate surface area is 172 Å². The number of carbonyl (C=O) groups is 1. The Morgan fingerprint density at radius 3 is 2.43 bits per heavy atom. The van der Waals surface area contributed by atoms with E-state index in [1.807, 2.05) is 0 Å². The third kappa shape index (κ3) is 3.81. The highest BCUT2D eigenvalue weighted by atomic mass is 19.1. The summed E-state index contributed by atoms with van der Waals surface area (Å²) in [5.74, 6) is -0.628. The Morgan fingerprint density at radius 1 is 1.17 bits per heavy atom. The van der Waals surface area contributed by atoms with Crippen LogP contribution in [0.15, 0.2) is 49.2 Å². The first-order valence-corrected chi connectivity index (χ1v) is 9.63. The standard InChI is InChI=1S/C20H23FN8O/c21-14-1-3-15(4-2-14)26-19-17(18(23)30)11-29(27-19)20(12-22)5-7-28(8-6-20)16-9-24-13-25-10-16/h1-4,9-11,13H,5-8,12,22H2,(H2,23,30)(H,26,27). The van der Waals surface area contributed by atoms with E-state index in [0.29, 0.717) is 18.1 Å². The van der Waals surface area contributed by atoms with Gasteiger partial charge in [0.1, 0.15) is 17.7 Å². The number of amides is 1. The van der Waals surface area contributed by atoms with E-state index in [2.05, 4.69) is 25.3 Å². The monoisotopic (exact) mass is 410 g/mol. The molecule has 1 aromatic carbocycles. The molecule has 0 aliphatic carbocycles. The molecule has 1 aliphatic rings. The van der Waals surface area contributed by atoms with Crippen LogP contribution in [0.5, 0.6) is 0 Å². The first-order valence-electron chi connectivity index (χ1n) is 9.63. The van der Waals surface area contributed by atoms with E-state index < -0.39 is 11.4 Å². The number of carbonyl (C=O) groups excluding carboxylic acids is 1. The van der Waals surface area contributed by atoms with Crippen LogP contribution < -0.4 is 21.7 Å². The summed E-state index contributed by atoms with van der Waals surface area (Å²) in [6, 6.07) is 5.79. The molecule has 1 aliphatic heterocycles. The predicted molar refractivity (Wildman–Crippen MR) is 111 cm³/mol. The van der Waals surface area contributed by atoms with Gasteiger partial charge in [-0.1, -0.05) is 0 Å². The van der Waals surface area contributed by atoms with E-state index in [1.54, 1.807) is 35.4 Å². The third-order valence-corrected chi connectivity index (χ3v) is 5.56. The Bertz CT molecular complexity index is 1010. The molecule has 3 aromatic rings. The van der Waals surface area contributed by atoms with Gasteiger partial charge in [0, 0.05) is 31.5 Å². The van der Waals surface area contributed by atoms with Crippen molar-refractivity contribution in [3.05, 3.63) is 60.6 Å². The van der Waals surface area contributed by atoms with Crippen molar-refractivity contribution in [3.8, 4) is 0 Å². The molecule has 30 heavy (non-hydrogen) atoms. The molecule has 0 radical (unpaired) electrons. The summed E-state index contributed by atoms with van der Waals surface area (Å²) in [5, 5.41) is 7.65. The summed E-state index contributed by atoms with van der Waals surface area (Å²) >= 11 is 0. The number of hydrogen-bond acceptors (Lipinski definition) is 7. The zero-order valence-electron chi connectivity index (χ0n) is 16.3. The van der Waals surface area contributed by atoms with Crippen LogP contribution in [-0.4, -0.2) is 45.3 Å². The largest absolute Gasteiger partial charge is 0.369 e. The topological polar surface area (TPSA) is 128 Å². The van der Waals surface area contributed by atoms with E-state index in [4.69, 9.17) is 11.5 Å². The second kappa shape index (κ2) is 8.07. The Morgan fingerprint density at radius 2 is 1.83 bits per heavy atom. The molecule has 10 heteroatoms. The average Bonchev–Trinajstić information content (AvgIpc) is 3.21. The minimum Gasteiger partial charge on any atom is -0.369 e. The number of halogens is 1. The Balaban J connectivity index is 1.59. The summed E-state index contributed by atoms with van der Waals surface area (Å²) in [6.07, 6.45) is 8.17. The molecule has 156 valence electrons. The Hall–Kier alpha value is -3.53. The molecular formula is C20H23FN8O. The minimum atomic E-state index is -0.600. The summed E-state index contributed by atoms with van der Waals surface area (Å²) in [7, 11) is 0. The van der Waals surface area contributed by atoms with Crippen molar-refractivity contribution in [2.75, 3.05) is 29.9 Å². The normalized spacial score (nSPS) is 15.7. The van der Waals surface area contributed by atoms with Gasteiger partial charge >= 0.3 is 0 Å². The fraction of sp³-hybridized carbons (Fsp3) is 0.300. The smallest absolute Gasteiger partial charge is 0.254 e. The quantitative estimate of drug-likeness (QED) is 0.563. The number of benzene rings is 1. The number of nitrogens with zero attached hydrogens (tertiary/aromatic N) is 5. The molecule has 1 amide bonds. The van der Waals surface area contributed by atoms with Crippen LogP contribution in [-0.2, 0) is 5.54 Å². The summed E-state index contributed by atoms with van der Waals surface area (Å²) < 4.78 is 14.9. The maximum atomic E-state index is 13.2. The number of piperidine rings is 1. The third-order valence-electron chi connectivity index (χ3n) is 5.56. The van der Waals surface area contributed by atoms with E-state index in [1.165, 1.54) is 18.5 Å². The zero-order valence-corrected chi connectivity index (χ0v) is 16.3. The van der Waals surface area contributed by atoms with Crippen molar-refractivity contribution < 1.29 is 9.18 Å². The number of nitrogens with one attached hydrogen (secondary N) is 1. The van der Waals surface area contributed by atoms with Crippen molar-refractivity contribution in [1.82, 2.24) is 19.7 Å². The molecule has 0 spiro atoms. The van der Waals surface area contributed by atoms with Gasteiger partial charge in [0.05, 0.1) is 23.6 Å². The lowest BCUT2D eigenvalue weighted by Gasteiger charge is -2.42. The number of aromatic nitrogens is 4. The van der Waals surface area contributed by atoms with Crippen LogP contribution in [0.1, 0.15) is 23.2 Å². The number of rotatable bonds is 6. The van der Waals surface area contributed by atoms with Crippen LogP contribution in [0, 0.1) is 5.82 Å². The maximum Gasteiger partial charge on any atom is 0.254 e. The fourth-order valence-electron chi connectivity index (χ4n) is 3.72. The fourth-order valence-corrected chi connectivity index (χ4v) is 3.72. The minimum absolute atomic E-state index is 0.256. The second-order valence-electron chi connectivity index (χ2n) is 7.34. The highest BCUT2D eigenvalue weighted by Gasteiger charge is 2.37. The lowest BCUT2D eigenvalue weighted by atomic mass is 9.87. The van der Waals surface area contributed by atoms with Gasteiger partial charge in [-0.15, -0.1) is 0 Å². The Kier molecular flexibility index (Phi) is 5.32. The molecule has 0 atom stereocenters. The zero-order chi connectivity index (χ0) is 21.1. The highest BCUT2D eigenvalue weighted by Crippen LogP contribution is 2.33. The van der Waals surface area contributed by atoms with E-state index >= 15 is 0 Å². The molecule has 9 nitrogen and oxygen atoms in total. The van der Waals surface area contributed by atoms with E-state index in [-0.39, 0.29) is 11.4 Å². The molecule has 0 saturated carbocycles. The van der Waals surface area contributed by atoms with Gasteiger partial charge in [0.2, 0.25) is 0 Å². The molecule has 0 unspecified atom stereocenters. The van der Waals surface area contributed by atoms with Gasteiger partial charge in [0.15, 0.2) is 5.82 Å². The second-order valence-corrected chi connectivity index (χ2v) is 7.34. The lowest BCUT2D eigenvalue weighted by Crippen LogP contribution is -2.50. The predicted octanol–water partition coefficient (Wildman–Crippen LogP) is 1.61. The first kappa shape index (κ1) is 19.8. The molecule has 1 fully saturated rings. The molecule has 4 rings (SSSR count). The number of anilines is 3. The van der Waals surface area contributed by atoms with Crippen LogP contribution >= 0.6 is 0 Å². The van der Waals surface area contributed by atoms with Crippen molar-refractivity contribution in [2.24, 2.45) is 11.5 Å². The lowest BCUT2D eigenvalue weighted by molar-refractivity contribution is 0.100. The first-order chi connectivity index (χ1) is 14.5. The maximum absolute atomic E-state index is 13.2. The van der Waals surface area contributed by atoms with Gasteiger partial charge < -0.3 is 21.7 Å². The molecule has 2 aromatic heterocycles. The number of hydrogen-bond donors (Lipinski definition) is 3. The van der Waals surface area contributed by atoms with Gasteiger partial charge in [-0.05, 0) is 37.1 Å². The van der Waals surface area contributed by atoms with Crippen molar-refractivity contribution in [2.45, 2.75) is 18.4 Å². The summed E-state index contributed by atoms with van der Waals surface area (Å²) in [5.41, 5.74) is 13.1. The number of nitrogens with two attached hydrogens (primary N) is 2. The molecule has 5 N–H and O–H groups in total. The van der Waals surface area contributed by atoms with Crippen LogP contribution in [0.3, 0.4) is 0 Å². The highest BCUT2D eigenvalue weighted by molar-refractivity contribution is 5.98. The van der Waals surface area contributed by atoms with Crippen LogP contribution in [0.25, 0.3) is 0 Å². The SMILES string of the molecule is NCC1(n2cc(C(N)=O)c(Nc3ccc(F)cc3)n2)CCN(c2cncnc2)CC1. The molecule has 1 saturated heterocycles. The van der Waals surface area contributed by atoms with Gasteiger partial charge in [0.25, 0.3) is 5.91 Å². The van der Waals surface area contributed by atoms with Crippen molar-refractivity contribution >= 4 is 23.1 Å². The molecule has 0 bridgehead atoms. The van der Waals surface area contributed by atoms with Gasteiger partial charge in [-0.2, -0.15) is 5.10 Å². The van der Waals surface area contributed by atoms with Crippen LogP contribution in [0.2, 0.25) is 0 Å². The van der Waals surface area contributed by atoms with E-state index in [9.17, 15) is 9.18 Å². The van der Waals surface area contributed by atoms with Crippen molar-refractivity contribution in [3.63, 3.8) is 0 Å². The molecular weight excluding hydrogens is 387 g/mol. The van der Waals surface area contributed by atoms with Crippen LogP contribution in [0.4, 0.5) is 21.6 Å². The number of primary amides is 1. The van der Waals surface area contributed by atoms with Crippen molar-refractivity contribution in [1.29, 1.82) is 0 Å². The summed E-state index contributed by atoms with van der Waals surface area (Å²) in [4.78, 5) is 22.4.